The van der Waals surface area contributed by atoms with Gasteiger partial charge in [-0.15, -0.1) is 0 Å². The molecule has 14 heavy (non-hydrogen) atoms. The number of carboxylic acids is 1. The molecule has 74 valence electrons. The van der Waals surface area contributed by atoms with Crippen LogP contribution in [-0.2, 0) is 0 Å². The van der Waals surface area contributed by atoms with Gasteiger partial charge >= 0.3 is 5.97 Å². The number of anilines is 1. The summed E-state index contributed by atoms with van der Waals surface area (Å²) in [5.41, 5.74) is 6.66. The van der Waals surface area contributed by atoms with Crippen molar-refractivity contribution in [2.45, 2.75) is 18.8 Å². The van der Waals surface area contributed by atoms with E-state index >= 15 is 0 Å². The number of carboxylic acid groups (broad SMARTS) is 1. The number of hydrogen-bond acceptors (Lipinski definition) is 3. The Morgan fingerprint density at radius 2 is 2.29 bits per heavy atom. The van der Waals surface area contributed by atoms with Crippen molar-refractivity contribution >= 4 is 23.3 Å². The Morgan fingerprint density at radius 3 is 2.79 bits per heavy atom. The van der Waals surface area contributed by atoms with E-state index in [1.54, 1.807) is 6.07 Å². The molecule has 5 heteroatoms. The summed E-state index contributed by atoms with van der Waals surface area (Å²) in [6.07, 6.45) is 2.01. The van der Waals surface area contributed by atoms with E-state index < -0.39 is 5.97 Å². The molecule has 1 fully saturated rings. The fraction of sp³-hybridized carbons (Fsp3) is 0.333. The molecule has 1 aromatic rings. The molecule has 0 atom stereocenters. The molecule has 4 nitrogen and oxygen atoms in total. The molecule has 0 amide bonds. The summed E-state index contributed by atoms with van der Waals surface area (Å²) in [6, 6.07) is 1.62. The van der Waals surface area contributed by atoms with E-state index in [2.05, 4.69) is 4.98 Å². The minimum atomic E-state index is -1.05. The van der Waals surface area contributed by atoms with Gasteiger partial charge in [-0.05, 0) is 30.4 Å². The van der Waals surface area contributed by atoms with E-state index in [1.165, 1.54) is 0 Å². The van der Waals surface area contributed by atoms with Crippen molar-refractivity contribution in [1.29, 1.82) is 0 Å². The zero-order chi connectivity index (χ0) is 10.3. The van der Waals surface area contributed by atoms with Gasteiger partial charge in [0.1, 0.15) is 0 Å². The number of pyridine rings is 1. The first kappa shape index (κ1) is 9.27. The maximum absolute atomic E-state index is 10.9. The smallest absolute Gasteiger partial charge is 0.354 e. The third-order valence-electron chi connectivity index (χ3n) is 2.25. The van der Waals surface area contributed by atoms with Crippen molar-refractivity contribution in [3.05, 3.63) is 22.5 Å². The van der Waals surface area contributed by atoms with Crippen molar-refractivity contribution in [3.8, 4) is 0 Å². The lowest BCUT2D eigenvalue weighted by atomic mass is 10.1. The van der Waals surface area contributed by atoms with Crippen LogP contribution >= 0.6 is 11.6 Å². The van der Waals surface area contributed by atoms with E-state index in [1.807, 2.05) is 0 Å². The van der Waals surface area contributed by atoms with E-state index in [-0.39, 0.29) is 10.8 Å². The second-order valence-electron chi connectivity index (χ2n) is 3.39. The average Bonchev–Trinajstić information content (AvgIpc) is 2.91. The van der Waals surface area contributed by atoms with Crippen LogP contribution in [0.1, 0.15) is 34.8 Å². The number of aromatic nitrogens is 1. The molecule has 0 saturated heterocycles. The van der Waals surface area contributed by atoms with Gasteiger partial charge in [-0.2, -0.15) is 0 Å². The Labute approximate surface area is 85.7 Å². The minimum absolute atomic E-state index is 0.0340. The highest BCUT2D eigenvalue weighted by Gasteiger charge is 2.29. The van der Waals surface area contributed by atoms with Gasteiger partial charge in [-0.3, -0.25) is 0 Å². The maximum Gasteiger partial charge on any atom is 0.354 e. The zero-order valence-electron chi connectivity index (χ0n) is 7.33. The number of halogens is 1. The molecule has 0 aliphatic heterocycles. The van der Waals surface area contributed by atoms with Crippen molar-refractivity contribution in [3.63, 3.8) is 0 Å². The lowest BCUT2D eigenvalue weighted by Crippen LogP contribution is -2.07. The highest BCUT2D eigenvalue weighted by molar-refractivity contribution is 6.32. The highest BCUT2D eigenvalue weighted by atomic mass is 35.5. The molecule has 1 heterocycles. The lowest BCUT2D eigenvalue weighted by Gasteiger charge is -2.06. The summed E-state index contributed by atoms with van der Waals surface area (Å²) in [7, 11) is 0. The molecule has 0 unspecified atom stereocenters. The van der Waals surface area contributed by atoms with Crippen molar-refractivity contribution in [2.24, 2.45) is 0 Å². The monoisotopic (exact) mass is 212 g/mol. The Kier molecular flexibility index (Phi) is 2.07. The maximum atomic E-state index is 10.9. The fourth-order valence-electron chi connectivity index (χ4n) is 1.40. The van der Waals surface area contributed by atoms with E-state index in [9.17, 15) is 4.79 Å². The third-order valence-corrected chi connectivity index (χ3v) is 2.56. The number of aromatic carboxylic acids is 1. The summed E-state index contributed by atoms with van der Waals surface area (Å²) < 4.78 is 0. The standard InChI is InChI=1S/C9H9ClN2O2/c10-8-6(11)3-5(4-1-2-4)7(12-8)9(13)14/h3-4H,1-2,11H2,(H,13,14). The van der Waals surface area contributed by atoms with Gasteiger partial charge in [0, 0.05) is 0 Å². The number of rotatable bonds is 2. The van der Waals surface area contributed by atoms with Gasteiger partial charge in [-0.1, -0.05) is 11.6 Å². The first-order valence-corrected chi connectivity index (χ1v) is 4.66. The third kappa shape index (κ3) is 1.53. The van der Waals surface area contributed by atoms with Crippen LogP contribution in [0.3, 0.4) is 0 Å². The summed E-state index contributed by atoms with van der Waals surface area (Å²) in [5.74, 6) is -0.748. The predicted octanol–water partition coefficient (Wildman–Crippen LogP) is 1.89. The summed E-state index contributed by atoms with van der Waals surface area (Å²) in [6.45, 7) is 0. The second-order valence-corrected chi connectivity index (χ2v) is 3.74. The van der Waals surface area contributed by atoms with Gasteiger partial charge in [0.05, 0.1) is 5.69 Å². The first-order chi connectivity index (χ1) is 6.59. The topological polar surface area (TPSA) is 76.2 Å². The van der Waals surface area contributed by atoms with Crippen molar-refractivity contribution < 1.29 is 9.90 Å². The number of nitrogens with two attached hydrogens (primary N) is 1. The summed E-state index contributed by atoms with van der Waals surface area (Å²) in [5, 5.41) is 8.96. The molecule has 0 spiro atoms. The number of nitrogens with zero attached hydrogens (tertiary/aromatic N) is 1. The molecule has 1 saturated carbocycles. The van der Waals surface area contributed by atoms with Crippen LogP contribution in [0, 0.1) is 0 Å². The van der Waals surface area contributed by atoms with Crippen molar-refractivity contribution in [2.75, 3.05) is 5.73 Å². The molecule has 0 radical (unpaired) electrons. The summed E-state index contributed by atoms with van der Waals surface area (Å²) in [4.78, 5) is 14.6. The lowest BCUT2D eigenvalue weighted by molar-refractivity contribution is 0.0689. The quantitative estimate of drug-likeness (QED) is 0.734. The molecule has 1 aromatic heterocycles. The molecule has 2 rings (SSSR count). The Balaban J connectivity index is 2.54. The highest BCUT2D eigenvalue weighted by Crippen LogP contribution is 2.42. The Hall–Kier alpha value is -1.29. The second kappa shape index (κ2) is 3.13. The average molecular weight is 213 g/mol. The molecule has 1 aliphatic carbocycles. The van der Waals surface area contributed by atoms with Gasteiger partial charge in [-0.25, -0.2) is 9.78 Å². The SMILES string of the molecule is Nc1cc(C2CC2)c(C(=O)O)nc1Cl. The zero-order valence-corrected chi connectivity index (χ0v) is 8.08. The normalized spacial score (nSPS) is 15.5. The fourth-order valence-corrected chi connectivity index (χ4v) is 1.54. The van der Waals surface area contributed by atoms with Crippen LogP contribution in [0.15, 0.2) is 6.07 Å². The molecular weight excluding hydrogens is 204 g/mol. The van der Waals surface area contributed by atoms with Gasteiger partial charge < -0.3 is 10.8 Å². The van der Waals surface area contributed by atoms with Crippen LogP contribution in [-0.4, -0.2) is 16.1 Å². The molecule has 0 aromatic carbocycles. The van der Waals surface area contributed by atoms with Crippen LogP contribution in [0.4, 0.5) is 5.69 Å². The predicted molar refractivity (Wildman–Crippen MR) is 52.6 cm³/mol. The number of carbonyl (C=O) groups is 1. The number of hydrogen-bond donors (Lipinski definition) is 2. The van der Waals surface area contributed by atoms with Crippen LogP contribution in [0.2, 0.25) is 5.15 Å². The molecule has 1 aliphatic rings. The van der Waals surface area contributed by atoms with E-state index in [4.69, 9.17) is 22.4 Å². The van der Waals surface area contributed by atoms with Gasteiger partial charge in [0.15, 0.2) is 10.8 Å². The number of nitrogen functional groups attached to an aromatic ring is 1. The molecule has 3 N–H and O–H groups in total. The van der Waals surface area contributed by atoms with Gasteiger partial charge in [0.2, 0.25) is 0 Å². The van der Waals surface area contributed by atoms with Crippen LogP contribution in [0.25, 0.3) is 0 Å². The molecule has 0 bridgehead atoms. The first-order valence-electron chi connectivity index (χ1n) is 4.29. The summed E-state index contributed by atoms with van der Waals surface area (Å²) >= 11 is 5.66. The van der Waals surface area contributed by atoms with Crippen LogP contribution in [0.5, 0.6) is 0 Å². The van der Waals surface area contributed by atoms with Crippen molar-refractivity contribution in [1.82, 2.24) is 4.98 Å². The Morgan fingerprint density at radius 1 is 1.64 bits per heavy atom. The minimum Gasteiger partial charge on any atom is -0.477 e. The van der Waals surface area contributed by atoms with Gasteiger partial charge in [0.25, 0.3) is 0 Å². The molecular formula is C9H9ClN2O2. The Bertz CT molecular complexity index is 402. The van der Waals surface area contributed by atoms with E-state index in [0.717, 1.165) is 12.8 Å². The largest absolute Gasteiger partial charge is 0.477 e. The van der Waals surface area contributed by atoms with E-state index in [0.29, 0.717) is 17.2 Å². The van der Waals surface area contributed by atoms with Crippen LogP contribution < -0.4 is 5.73 Å².